The molecule has 218 valence electrons. The Hall–Kier alpha value is -5.20. The number of benzene rings is 4. The summed E-state index contributed by atoms with van der Waals surface area (Å²) in [7, 11) is 0. The van der Waals surface area contributed by atoms with Gasteiger partial charge < -0.3 is 60.5 Å². The minimum absolute atomic E-state index is 0.00771. The molecule has 2 heterocycles. The van der Waals surface area contributed by atoms with Crippen molar-refractivity contribution >= 4 is 0 Å². The number of fused-ring (bicyclic) bond motifs is 2. The average molecular weight is 579 g/mol. The Kier molecular flexibility index (Phi) is 6.24. The number of rotatable bonds is 3. The number of hydrogen-bond donors (Lipinski definition) is 10. The van der Waals surface area contributed by atoms with Crippen molar-refractivity contribution in [2.24, 2.45) is 0 Å². The second-order valence-corrected chi connectivity index (χ2v) is 10.3. The molecule has 2 aliphatic heterocycles. The summed E-state index contributed by atoms with van der Waals surface area (Å²) in [4.78, 5) is 0. The van der Waals surface area contributed by atoms with E-state index in [1.165, 1.54) is 42.5 Å². The van der Waals surface area contributed by atoms with Crippen LogP contribution in [0, 0.1) is 0 Å². The molecule has 0 unspecified atom stereocenters. The summed E-state index contributed by atoms with van der Waals surface area (Å²) in [5.74, 6) is -5.07. The standard InChI is InChI=1S/C30H26O12/c31-13-7-19(36)24-23(8-13)42-30(12-2-4-16(33)18(35)6-12)28(40)26(24)25-20(37)10-22-14(27(25)39)9-21(38)29(41-22)11-1-3-15(32)17(34)5-11/h1-8,10,21,26,28-40H,9H2/t21-,26-,28-,29-,30+/m1/s1. The highest BCUT2D eigenvalue weighted by atomic mass is 16.5. The normalized spacial score (nSPS) is 22.9. The van der Waals surface area contributed by atoms with Gasteiger partial charge in [0, 0.05) is 41.3 Å². The van der Waals surface area contributed by atoms with Gasteiger partial charge in [-0.3, -0.25) is 0 Å². The van der Waals surface area contributed by atoms with Crippen LogP contribution in [0.3, 0.4) is 0 Å². The number of aliphatic hydroxyl groups excluding tert-OH is 2. The Morgan fingerprint density at radius 2 is 1.12 bits per heavy atom. The van der Waals surface area contributed by atoms with E-state index in [4.69, 9.17) is 9.47 Å². The third kappa shape index (κ3) is 4.24. The summed E-state index contributed by atoms with van der Waals surface area (Å²) in [6.07, 6.45) is -5.31. The SMILES string of the molecule is Oc1cc(O)c2c(c1)O[C@@H](c1ccc(O)c(O)c1)[C@H](O)[C@H]2c1c(O)cc2c(c1O)C[C@@H](O)[C@@H](c1ccc(O)c(O)c1)O2. The van der Waals surface area contributed by atoms with E-state index in [0.717, 1.165) is 12.1 Å². The van der Waals surface area contributed by atoms with Crippen LogP contribution >= 0.6 is 0 Å². The topological polar surface area (TPSA) is 221 Å². The zero-order valence-electron chi connectivity index (χ0n) is 21.6. The van der Waals surface area contributed by atoms with E-state index in [1.54, 1.807) is 0 Å². The van der Waals surface area contributed by atoms with Crippen LogP contribution in [0.25, 0.3) is 0 Å². The van der Waals surface area contributed by atoms with Gasteiger partial charge in [0.05, 0.1) is 12.0 Å². The van der Waals surface area contributed by atoms with Gasteiger partial charge in [-0.05, 0) is 35.4 Å². The largest absolute Gasteiger partial charge is 0.508 e. The summed E-state index contributed by atoms with van der Waals surface area (Å²) in [6, 6.07) is 11.0. The third-order valence-corrected chi connectivity index (χ3v) is 7.69. The minimum atomic E-state index is -1.60. The van der Waals surface area contributed by atoms with Gasteiger partial charge in [0.2, 0.25) is 0 Å². The molecule has 0 fully saturated rings. The Bertz CT molecular complexity index is 1720. The maximum atomic E-state index is 11.6. The molecule has 0 saturated heterocycles. The van der Waals surface area contributed by atoms with Gasteiger partial charge >= 0.3 is 0 Å². The molecule has 0 radical (unpaired) electrons. The Labute approximate surface area is 237 Å². The maximum absolute atomic E-state index is 11.6. The van der Waals surface area contributed by atoms with Crippen molar-refractivity contribution in [1.82, 2.24) is 0 Å². The van der Waals surface area contributed by atoms with Crippen molar-refractivity contribution in [3.63, 3.8) is 0 Å². The second-order valence-electron chi connectivity index (χ2n) is 10.3. The van der Waals surface area contributed by atoms with Crippen molar-refractivity contribution in [2.45, 2.75) is 36.8 Å². The number of hydrogen-bond acceptors (Lipinski definition) is 12. The molecule has 0 saturated carbocycles. The van der Waals surface area contributed by atoms with Crippen LogP contribution in [-0.4, -0.2) is 63.3 Å². The monoisotopic (exact) mass is 578 g/mol. The summed E-state index contributed by atoms with van der Waals surface area (Å²) in [6.45, 7) is 0. The lowest BCUT2D eigenvalue weighted by molar-refractivity contribution is 0.00573. The van der Waals surface area contributed by atoms with Crippen LogP contribution in [-0.2, 0) is 6.42 Å². The quantitative estimate of drug-likeness (QED) is 0.159. The molecule has 5 atom stereocenters. The molecule has 12 heteroatoms. The van der Waals surface area contributed by atoms with Crippen molar-refractivity contribution in [3.05, 3.63) is 82.4 Å². The van der Waals surface area contributed by atoms with Crippen LogP contribution in [0.2, 0.25) is 0 Å². The van der Waals surface area contributed by atoms with Crippen molar-refractivity contribution < 1.29 is 60.5 Å². The highest BCUT2D eigenvalue weighted by Gasteiger charge is 2.45. The molecule has 4 aromatic carbocycles. The molecule has 42 heavy (non-hydrogen) atoms. The number of phenolic OH excluding ortho intramolecular Hbond substituents is 8. The van der Waals surface area contributed by atoms with Gasteiger partial charge in [0.25, 0.3) is 0 Å². The molecule has 4 aromatic rings. The van der Waals surface area contributed by atoms with E-state index in [0.29, 0.717) is 5.56 Å². The summed E-state index contributed by atoms with van der Waals surface area (Å²) in [5, 5.41) is 105. The van der Waals surface area contributed by atoms with Crippen LogP contribution in [0.1, 0.15) is 45.9 Å². The fourth-order valence-electron chi connectivity index (χ4n) is 5.70. The van der Waals surface area contributed by atoms with Gasteiger partial charge in [-0.2, -0.15) is 0 Å². The lowest BCUT2D eigenvalue weighted by Crippen LogP contribution is -2.35. The maximum Gasteiger partial charge on any atom is 0.157 e. The summed E-state index contributed by atoms with van der Waals surface area (Å²) >= 11 is 0. The molecule has 0 bridgehead atoms. The smallest absolute Gasteiger partial charge is 0.157 e. The summed E-state index contributed by atoms with van der Waals surface area (Å²) < 4.78 is 11.8. The first-order valence-corrected chi connectivity index (χ1v) is 12.8. The fourth-order valence-corrected chi connectivity index (χ4v) is 5.70. The van der Waals surface area contributed by atoms with Crippen LogP contribution < -0.4 is 9.47 Å². The first kappa shape index (κ1) is 27.0. The van der Waals surface area contributed by atoms with E-state index in [1.807, 2.05) is 0 Å². The minimum Gasteiger partial charge on any atom is -0.508 e. The summed E-state index contributed by atoms with van der Waals surface area (Å²) in [5.41, 5.74) is 0.333. The molecular weight excluding hydrogens is 552 g/mol. The first-order valence-electron chi connectivity index (χ1n) is 12.8. The zero-order valence-corrected chi connectivity index (χ0v) is 21.6. The predicted octanol–water partition coefficient (Wildman–Crippen LogP) is 3.00. The van der Waals surface area contributed by atoms with Gasteiger partial charge in [-0.15, -0.1) is 0 Å². The Balaban J connectivity index is 1.47. The molecule has 2 aliphatic rings. The third-order valence-electron chi connectivity index (χ3n) is 7.69. The first-order chi connectivity index (χ1) is 19.9. The lowest BCUT2D eigenvalue weighted by atomic mass is 9.77. The molecular formula is C30H26O12. The number of ether oxygens (including phenoxy) is 2. The van der Waals surface area contributed by atoms with Gasteiger partial charge in [-0.25, -0.2) is 0 Å². The molecule has 12 nitrogen and oxygen atoms in total. The van der Waals surface area contributed by atoms with E-state index in [-0.39, 0.29) is 51.7 Å². The highest BCUT2D eigenvalue weighted by Crippen LogP contribution is 2.56. The number of aliphatic hydroxyl groups is 2. The van der Waals surface area contributed by atoms with Crippen molar-refractivity contribution in [2.75, 3.05) is 0 Å². The fraction of sp³-hybridized carbons (Fsp3) is 0.200. The molecule has 0 aliphatic carbocycles. The average Bonchev–Trinajstić information content (AvgIpc) is 2.93. The van der Waals surface area contributed by atoms with Gasteiger partial charge in [0.15, 0.2) is 29.1 Å². The zero-order chi connectivity index (χ0) is 30.0. The van der Waals surface area contributed by atoms with E-state index in [2.05, 4.69) is 0 Å². The molecule has 0 amide bonds. The molecule has 0 spiro atoms. The van der Waals surface area contributed by atoms with Crippen molar-refractivity contribution in [3.8, 4) is 57.5 Å². The Morgan fingerprint density at radius 1 is 0.548 bits per heavy atom. The van der Waals surface area contributed by atoms with Crippen molar-refractivity contribution in [1.29, 1.82) is 0 Å². The Morgan fingerprint density at radius 3 is 1.74 bits per heavy atom. The molecule has 10 N–H and O–H groups in total. The number of phenols is 8. The van der Waals surface area contributed by atoms with Gasteiger partial charge in [-0.1, -0.05) is 12.1 Å². The predicted molar refractivity (Wildman–Crippen MR) is 143 cm³/mol. The highest BCUT2D eigenvalue weighted by molar-refractivity contribution is 5.65. The molecule has 6 rings (SSSR count). The van der Waals surface area contributed by atoms with Crippen LogP contribution in [0.4, 0.5) is 0 Å². The molecule has 0 aromatic heterocycles. The van der Waals surface area contributed by atoms with Crippen LogP contribution in [0.15, 0.2) is 54.6 Å². The lowest BCUT2D eigenvalue weighted by Gasteiger charge is -2.39. The number of aromatic hydroxyl groups is 8. The van der Waals surface area contributed by atoms with E-state index in [9.17, 15) is 51.1 Å². The van der Waals surface area contributed by atoms with E-state index < -0.39 is 64.8 Å². The van der Waals surface area contributed by atoms with Crippen LogP contribution in [0.5, 0.6) is 57.5 Å². The second kappa shape index (κ2) is 9.72. The van der Waals surface area contributed by atoms with E-state index >= 15 is 0 Å². The van der Waals surface area contributed by atoms with Gasteiger partial charge in [0.1, 0.15) is 46.7 Å².